The second-order valence-electron chi connectivity index (χ2n) is 4.36. The molecule has 0 spiro atoms. The lowest BCUT2D eigenvalue weighted by molar-refractivity contribution is -0.106. The maximum Gasteiger partial charge on any atom is 0.274 e. The molecule has 0 heterocycles. The predicted octanol–water partition coefficient (Wildman–Crippen LogP) is 2.72. The molecule has 0 radical (unpaired) electrons. The van der Waals surface area contributed by atoms with Gasteiger partial charge in [0.15, 0.2) is 5.71 Å². The van der Waals surface area contributed by atoms with Crippen LogP contribution in [0.25, 0.3) is 0 Å². The van der Waals surface area contributed by atoms with Crippen molar-refractivity contribution >= 4 is 34.0 Å². The highest BCUT2D eigenvalue weighted by molar-refractivity contribution is 6.84. The van der Waals surface area contributed by atoms with Gasteiger partial charge in [-0.15, -0.1) is 0 Å². The number of nitrogens with zero attached hydrogens (tertiary/aromatic N) is 3. The summed E-state index contributed by atoms with van der Waals surface area (Å²) in [6.45, 7) is 3.61. The Kier molecular flexibility index (Phi) is 7.76. The van der Waals surface area contributed by atoms with Crippen molar-refractivity contribution in [2.45, 2.75) is 20.5 Å². The lowest BCUT2D eigenvalue weighted by atomic mass is 10.0. The van der Waals surface area contributed by atoms with Crippen LogP contribution >= 0.6 is 11.6 Å². The van der Waals surface area contributed by atoms with Crippen molar-refractivity contribution in [2.24, 2.45) is 15.5 Å². The molecule has 0 saturated heterocycles. The Morgan fingerprint density at radius 3 is 2.26 bits per heavy atom. The summed E-state index contributed by atoms with van der Waals surface area (Å²) in [4.78, 5) is 26.1. The third-order valence-electron chi connectivity index (χ3n) is 2.81. The number of halogens is 1. The van der Waals surface area contributed by atoms with Crippen molar-refractivity contribution in [1.82, 2.24) is 0 Å². The third-order valence-corrected chi connectivity index (χ3v) is 2.99. The van der Waals surface area contributed by atoms with Gasteiger partial charge >= 0.3 is 0 Å². The van der Waals surface area contributed by atoms with Crippen molar-refractivity contribution in [3.05, 3.63) is 35.4 Å². The van der Waals surface area contributed by atoms with E-state index < -0.39 is 5.24 Å². The average Bonchev–Trinajstić information content (AvgIpc) is 2.53. The van der Waals surface area contributed by atoms with E-state index in [9.17, 15) is 4.79 Å². The molecule has 0 aromatic heterocycles. The van der Waals surface area contributed by atoms with Crippen LogP contribution in [0, 0.1) is 0 Å². The number of carbonyl (C=O) groups is 1. The summed E-state index contributed by atoms with van der Waals surface area (Å²) in [5, 5.41) is 10.6. The maximum absolute atomic E-state index is 11.5. The number of oxime groups is 3. The number of carbonyl (C=O) groups excluding carboxylic acids is 1. The van der Waals surface area contributed by atoms with E-state index in [-0.39, 0.29) is 12.3 Å². The summed E-state index contributed by atoms with van der Waals surface area (Å²) in [6.07, 6.45) is 0. The Balaban J connectivity index is 2.95. The van der Waals surface area contributed by atoms with Crippen LogP contribution in [0.5, 0.6) is 0 Å². The highest BCUT2D eigenvalue weighted by atomic mass is 35.5. The summed E-state index contributed by atoms with van der Waals surface area (Å²) in [7, 11) is 2.79. The second-order valence-corrected chi connectivity index (χ2v) is 4.71. The van der Waals surface area contributed by atoms with E-state index in [0.717, 1.165) is 0 Å². The SMILES string of the molecule is CO/N=C(C)\C(C)=N/OCc1ccccc1/C(=N/OC)C(=O)Cl. The Morgan fingerprint density at radius 1 is 1.04 bits per heavy atom. The van der Waals surface area contributed by atoms with Crippen LogP contribution in [-0.2, 0) is 25.9 Å². The minimum atomic E-state index is -0.720. The fraction of sp³-hybridized carbons (Fsp3) is 0.333. The fourth-order valence-corrected chi connectivity index (χ4v) is 1.76. The first-order chi connectivity index (χ1) is 11.0. The standard InChI is InChI=1S/C15H18ClN3O4/c1-10(17-21-3)11(2)18-23-9-12-7-5-6-8-13(12)14(15(16)20)19-22-4/h5-8H,9H2,1-4H3/b17-10-,18-11-,19-14-. The van der Waals surface area contributed by atoms with Gasteiger partial charge in [0.25, 0.3) is 5.24 Å². The molecular formula is C15H18ClN3O4. The largest absolute Gasteiger partial charge is 0.399 e. The first-order valence-electron chi connectivity index (χ1n) is 6.65. The van der Waals surface area contributed by atoms with E-state index in [1.807, 2.05) is 0 Å². The first-order valence-corrected chi connectivity index (χ1v) is 7.03. The Hall–Kier alpha value is -2.41. The lowest BCUT2D eigenvalue weighted by Gasteiger charge is -2.08. The molecule has 0 atom stereocenters. The van der Waals surface area contributed by atoms with E-state index in [1.165, 1.54) is 14.2 Å². The second kappa shape index (κ2) is 9.58. The normalized spacial score (nSPS) is 12.8. The quantitative estimate of drug-likeness (QED) is 0.414. The van der Waals surface area contributed by atoms with Crippen LogP contribution in [0.3, 0.4) is 0 Å². The molecule has 0 fully saturated rings. The van der Waals surface area contributed by atoms with Gasteiger partial charge in [-0.25, -0.2) is 0 Å². The van der Waals surface area contributed by atoms with Gasteiger partial charge in [0, 0.05) is 11.1 Å². The Bertz CT molecular complexity index is 641. The summed E-state index contributed by atoms with van der Waals surface area (Å²) in [5.74, 6) is 0. The van der Waals surface area contributed by atoms with Crippen molar-refractivity contribution in [3.63, 3.8) is 0 Å². The van der Waals surface area contributed by atoms with Gasteiger partial charge in [-0.05, 0) is 25.4 Å². The monoisotopic (exact) mass is 339 g/mol. The zero-order chi connectivity index (χ0) is 17.2. The number of hydrogen-bond donors (Lipinski definition) is 0. The van der Waals surface area contributed by atoms with Crippen molar-refractivity contribution in [1.29, 1.82) is 0 Å². The van der Waals surface area contributed by atoms with Gasteiger partial charge in [0.1, 0.15) is 32.2 Å². The highest BCUT2D eigenvalue weighted by Gasteiger charge is 2.16. The van der Waals surface area contributed by atoms with Gasteiger partial charge in [-0.3, -0.25) is 4.79 Å². The van der Waals surface area contributed by atoms with Crippen LogP contribution in [0.15, 0.2) is 39.7 Å². The third kappa shape index (κ3) is 5.71. The smallest absolute Gasteiger partial charge is 0.274 e. The minimum absolute atomic E-state index is 0.00574. The van der Waals surface area contributed by atoms with E-state index in [4.69, 9.17) is 16.4 Å². The lowest BCUT2D eigenvalue weighted by Crippen LogP contribution is -2.13. The predicted molar refractivity (Wildman–Crippen MR) is 88.9 cm³/mol. The molecule has 1 rings (SSSR count). The maximum atomic E-state index is 11.5. The van der Waals surface area contributed by atoms with E-state index in [1.54, 1.807) is 38.1 Å². The number of hydrogen-bond acceptors (Lipinski definition) is 7. The molecule has 7 nitrogen and oxygen atoms in total. The van der Waals surface area contributed by atoms with Gasteiger partial charge in [0.2, 0.25) is 0 Å². The summed E-state index contributed by atoms with van der Waals surface area (Å²) >= 11 is 5.54. The molecule has 0 N–H and O–H groups in total. The molecule has 0 aliphatic heterocycles. The van der Waals surface area contributed by atoms with Crippen molar-refractivity contribution in [3.8, 4) is 0 Å². The Morgan fingerprint density at radius 2 is 1.65 bits per heavy atom. The molecule has 8 heteroatoms. The summed E-state index contributed by atoms with van der Waals surface area (Å²) in [6, 6.07) is 7.04. The molecule has 1 aromatic rings. The number of rotatable bonds is 8. The van der Waals surface area contributed by atoms with Crippen molar-refractivity contribution in [2.75, 3.05) is 14.2 Å². The zero-order valence-corrected chi connectivity index (χ0v) is 14.1. The van der Waals surface area contributed by atoms with Crippen molar-refractivity contribution < 1.29 is 19.3 Å². The highest BCUT2D eigenvalue weighted by Crippen LogP contribution is 2.14. The molecule has 0 unspecified atom stereocenters. The fourth-order valence-electron chi connectivity index (χ4n) is 1.63. The van der Waals surface area contributed by atoms with E-state index in [0.29, 0.717) is 22.6 Å². The number of benzene rings is 1. The molecule has 0 aliphatic carbocycles. The zero-order valence-electron chi connectivity index (χ0n) is 13.4. The first kappa shape index (κ1) is 18.6. The topological polar surface area (TPSA) is 81.8 Å². The van der Waals surface area contributed by atoms with Crippen LogP contribution in [-0.4, -0.2) is 36.6 Å². The molecule has 0 aliphatic rings. The molecule has 0 bridgehead atoms. The minimum Gasteiger partial charge on any atom is -0.399 e. The van der Waals surface area contributed by atoms with Gasteiger partial charge in [-0.2, -0.15) is 0 Å². The van der Waals surface area contributed by atoms with E-state index in [2.05, 4.69) is 25.1 Å². The average molecular weight is 340 g/mol. The van der Waals surface area contributed by atoms with Gasteiger partial charge in [0.05, 0.1) is 0 Å². The molecule has 0 saturated carbocycles. The van der Waals surface area contributed by atoms with Crippen LogP contribution in [0.1, 0.15) is 25.0 Å². The van der Waals surface area contributed by atoms with Crippen LogP contribution in [0.2, 0.25) is 0 Å². The Labute approximate surface area is 139 Å². The van der Waals surface area contributed by atoms with Gasteiger partial charge in [-0.1, -0.05) is 39.7 Å². The van der Waals surface area contributed by atoms with Gasteiger partial charge < -0.3 is 14.5 Å². The molecule has 23 heavy (non-hydrogen) atoms. The molecular weight excluding hydrogens is 322 g/mol. The van der Waals surface area contributed by atoms with E-state index >= 15 is 0 Å². The molecule has 0 amide bonds. The summed E-state index contributed by atoms with van der Waals surface area (Å²) < 4.78 is 0. The molecule has 124 valence electrons. The summed E-state index contributed by atoms with van der Waals surface area (Å²) in [5.41, 5.74) is 2.38. The van der Waals surface area contributed by atoms with Crippen LogP contribution < -0.4 is 0 Å². The molecule has 1 aromatic carbocycles. The van der Waals surface area contributed by atoms with Crippen LogP contribution in [0.4, 0.5) is 0 Å².